The second-order valence-corrected chi connectivity index (χ2v) is 14.4. The number of esters is 2. The Morgan fingerprint density at radius 1 is 1.15 bits per heavy atom. The molecular formula is C22H35ClF3N4O9PS. The Morgan fingerprint density at radius 3 is 2.07 bits per heavy atom. The van der Waals surface area contributed by atoms with E-state index >= 15 is 4.39 Å². The number of alkyl halides is 3. The van der Waals surface area contributed by atoms with E-state index in [1.54, 1.807) is 32.7 Å². The van der Waals surface area contributed by atoms with E-state index < -0.39 is 96.6 Å². The van der Waals surface area contributed by atoms with Gasteiger partial charge in [-0.15, -0.1) is 0 Å². The van der Waals surface area contributed by atoms with Crippen LogP contribution in [0.5, 0.6) is 0 Å². The molecule has 13 nitrogen and oxygen atoms in total. The van der Waals surface area contributed by atoms with Crippen molar-refractivity contribution in [1.29, 1.82) is 0 Å². The van der Waals surface area contributed by atoms with Crippen molar-refractivity contribution in [2.75, 3.05) is 6.61 Å². The third-order valence-corrected chi connectivity index (χ3v) is 9.35. The molecule has 19 heteroatoms. The van der Waals surface area contributed by atoms with E-state index in [2.05, 4.69) is 22.4 Å². The molecule has 1 aromatic heterocycles. The number of halogens is 4. The molecule has 0 aliphatic carbocycles. The zero-order valence-corrected chi connectivity index (χ0v) is 25.7. The standard InChI is InChI=1S/C22H35ClF3N4O9PS/c1-9(2)37-18(33)11(5)28-40(41,29-12(6)19(34)38-10(3)4)36-8-22(20(25)26)15(24)14(31)17(39-22)30-7-13(23)16(32)27-21(30)35/h7,9-12,14-15,17,20,28-29,31,40-41H,8H2,1-6H3,(H,27,32,35)/t11-,12-,14+,15+,17+,22+/m0/s1. The molecule has 1 aliphatic rings. The molecule has 41 heavy (non-hydrogen) atoms. The molecule has 1 saturated heterocycles. The van der Waals surface area contributed by atoms with E-state index in [0.29, 0.717) is 10.8 Å². The van der Waals surface area contributed by atoms with Gasteiger partial charge < -0.3 is 0 Å². The Hall–Kier alpha value is -1.72. The summed E-state index contributed by atoms with van der Waals surface area (Å²) in [5.74, 6) is -1.52. The number of ether oxygens (including phenoxy) is 3. The molecule has 0 saturated carbocycles. The summed E-state index contributed by atoms with van der Waals surface area (Å²) in [6.07, 6.45) is -11.1. The number of H-pyrrole nitrogens is 1. The number of aromatic amines is 1. The van der Waals surface area contributed by atoms with Gasteiger partial charge in [0.1, 0.15) is 0 Å². The first-order valence-electron chi connectivity index (χ1n) is 12.4. The first kappa shape index (κ1) is 35.5. The Kier molecular flexibility index (Phi) is 12.3. The van der Waals surface area contributed by atoms with Gasteiger partial charge in [0.15, 0.2) is 0 Å². The average Bonchev–Trinajstić information content (AvgIpc) is 3.10. The SMILES string of the molecule is CC(C)OC(=O)[C@H](C)N[PH](S)(N[C@@H](C)C(=O)OC(C)C)OC[C@@]1(C(F)F)O[C@@H](n2cc(Cl)c(=O)[nH]c2=O)[C@H](O)[C@H]1F. The number of thiol groups is 1. The van der Waals surface area contributed by atoms with E-state index in [9.17, 15) is 33.1 Å². The van der Waals surface area contributed by atoms with Gasteiger partial charge >= 0.3 is 244 Å². The normalized spacial score (nSPS) is 25.0. The van der Waals surface area contributed by atoms with Crippen molar-refractivity contribution >= 4 is 42.8 Å². The molecule has 0 spiro atoms. The first-order chi connectivity index (χ1) is 18.8. The molecule has 6 atom stereocenters. The summed E-state index contributed by atoms with van der Waals surface area (Å²) in [6.45, 7) is 3.70. The molecule has 1 fully saturated rings. The van der Waals surface area contributed by atoms with Crippen molar-refractivity contribution in [1.82, 2.24) is 19.7 Å². The number of aliphatic hydroxyl groups excluding tert-OH is 1. The van der Waals surface area contributed by atoms with E-state index in [4.69, 9.17) is 30.3 Å². The number of carbonyl (C=O) groups is 2. The third kappa shape index (κ3) is 8.66. The summed E-state index contributed by atoms with van der Waals surface area (Å²) in [5, 5.41) is 15.3. The zero-order chi connectivity index (χ0) is 31.4. The number of aromatic nitrogens is 2. The first-order valence-corrected chi connectivity index (χ1v) is 16.0. The average molecular weight is 655 g/mol. The van der Waals surface area contributed by atoms with Gasteiger partial charge in [0.2, 0.25) is 0 Å². The monoisotopic (exact) mass is 654 g/mol. The van der Waals surface area contributed by atoms with Crippen LogP contribution in [0.25, 0.3) is 0 Å². The van der Waals surface area contributed by atoms with Crippen LogP contribution in [-0.4, -0.2) is 81.8 Å². The fraction of sp³-hybridized carbons (Fsp3) is 0.727. The summed E-state index contributed by atoms with van der Waals surface area (Å²) in [7, 11) is 0. The number of nitrogens with one attached hydrogen (secondary N) is 3. The predicted octanol–water partition coefficient (Wildman–Crippen LogP) is 1.64. The molecule has 236 valence electrons. The molecule has 0 aromatic carbocycles. The summed E-state index contributed by atoms with van der Waals surface area (Å²) in [4.78, 5) is 50.5. The Morgan fingerprint density at radius 2 is 1.63 bits per heavy atom. The van der Waals surface area contributed by atoms with Gasteiger partial charge in [-0.1, -0.05) is 0 Å². The molecule has 4 N–H and O–H groups in total. The molecule has 1 aromatic rings. The van der Waals surface area contributed by atoms with Crippen LogP contribution in [0.4, 0.5) is 13.2 Å². The minimum atomic E-state index is -4.15. The van der Waals surface area contributed by atoms with Gasteiger partial charge in [-0.3, -0.25) is 0 Å². The molecule has 0 bridgehead atoms. The second-order valence-electron chi connectivity index (χ2n) is 9.94. The molecule has 1 aliphatic heterocycles. The molecule has 2 heterocycles. The van der Waals surface area contributed by atoms with Gasteiger partial charge in [-0.05, 0) is 0 Å². The quantitative estimate of drug-likeness (QED) is 0.119. The van der Waals surface area contributed by atoms with Crippen LogP contribution < -0.4 is 21.4 Å². The maximum absolute atomic E-state index is 15.4. The minimum absolute atomic E-state index is 0.459. The van der Waals surface area contributed by atoms with E-state index in [-0.39, 0.29) is 0 Å². The predicted molar refractivity (Wildman–Crippen MR) is 147 cm³/mol. The number of rotatable bonds is 13. The molecule has 0 amide bonds. The summed E-state index contributed by atoms with van der Waals surface area (Å²) < 4.78 is 66.0. The van der Waals surface area contributed by atoms with Crippen molar-refractivity contribution < 1.29 is 46.6 Å². The van der Waals surface area contributed by atoms with Gasteiger partial charge in [-0.25, -0.2) is 0 Å². The van der Waals surface area contributed by atoms with Crippen LogP contribution in [0.3, 0.4) is 0 Å². The van der Waals surface area contributed by atoms with Crippen molar-refractivity contribution in [2.45, 2.75) is 96.4 Å². The molecule has 0 unspecified atom stereocenters. The Balaban J connectivity index is 2.41. The number of aliphatic hydroxyl groups is 1. The Bertz CT molecular complexity index is 1180. The van der Waals surface area contributed by atoms with Gasteiger partial charge in [0.25, 0.3) is 0 Å². The molecule has 0 radical (unpaired) electrons. The van der Waals surface area contributed by atoms with Gasteiger partial charge in [0, 0.05) is 0 Å². The van der Waals surface area contributed by atoms with Gasteiger partial charge in [0.05, 0.1) is 0 Å². The third-order valence-electron chi connectivity index (χ3n) is 5.71. The van der Waals surface area contributed by atoms with Crippen LogP contribution in [0.2, 0.25) is 5.02 Å². The van der Waals surface area contributed by atoms with Crippen molar-refractivity contribution in [2.24, 2.45) is 0 Å². The fourth-order valence-corrected chi connectivity index (χ4v) is 7.33. The molecular weight excluding hydrogens is 620 g/mol. The number of carbonyl (C=O) groups excluding carboxylic acids is 2. The zero-order valence-electron chi connectivity index (χ0n) is 23.0. The number of nitrogens with zero attached hydrogens (tertiary/aromatic N) is 1. The van der Waals surface area contributed by atoms with Crippen LogP contribution in [0.1, 0.15) is 47.8 Å². The van der Waals surface area contributed by atoms with E-state index in [1.165, 1.54) is 13.8 Å². The van der Waals surface area contributed by atoms with Crippen molar-refractivity contribution in [3.63, 3.8) is 0 Å². The Labute approximate surface area is 244 Å². The summed E-state index contributed by atoms with van der Waals surface area (Å²) in [6, 6.07) is -2.29. The van der Waals surface area contributed by atoms with Crippen LogP contribution >= 0.6 is 30.8 Å². The second kappa shape index (κ2) is 14.2. The summed E-state index contributed by atoms with van der Waals surface area (Å²) in [5.41, 5.74) is -5.38. The van der Waals surface area contributed by atoms with Crippen LogP contribution in [-0.2, 0) is 28.3 Å². The van der Waals surface area contributed by atoms with E-state index in [1.807, 2.05) is 0 Å². The number of hydrogen-bond acceptors (Lipinski definition) is 12. The molecule has 2 rings (SSSR count). The van der Waals surface area contributed by atoms with Gasteiger partial charge in [-0.2, -0.15) is 0 Å². The summed E-state index contributed by atoms with van der Waals surface area (Å²) >= 11 is 10.1. The van der Waals surface area contributed by atoms with Crippen LogP contribution in [0, 0.1) is 0 Å². The van der Waals surface area contributed by atoms with Crippen molar-refractivity contribution in [3.8, 4) is 0 Å². The van der Waals surface area contributed by atoms with Crippen LogP contribution in [0.15, 0.2) is 15.8 Å². The maximum atomic E-state index is 15.4. The van der Waals surface area contributed by atoms with E-state index in [0.717, 1.165) is 0 Å². The van der Waals surface area contributed by atoms with Crippen molar-refractivity contribution in [3.05, 3.63) is 32.1 Å². The topological polar surface area (TPSA) is 170 Å². The fourth-order valence-electron chi connectivity index (χ4n) is 3.73. The number of hydrogen-bond donors (Lipinski definition) is 5.